The molecular weight excluding hydrogens is 262 g/mol. The minimum atomic E-state index is 0.0252. The van der Waals surface area contributed by atoms with Gasteiger partial charge in [-0.25, -0.2) is 0 Å². The monoisotopic (exact) mass is 279 g/mol. The van der Waals surface area contributed by atoms with Gasteiger partial charge in [-0.2, -0.15) is 0 Å². The second-order valence-electron chi connectivity index (χ2n) is 5.31. The van der Waals surface area contributed by atoms with Gasteiger partial charge in [-0.1, -0.05) is 31.2 Å². The maximum Gasteiger partial charge on any atom is 0.231 e. The Balaban J connectivity index is 2.00. The maximum atomic E-state index is 12.7. The highest BCUT2D eigenvalue weighted by molar-refractivity contribution is 6.11. The van der Waals surface area contributed by atoms with Crippen LogP contribution in [-0.4, -0.2) is 18.7 Å². The maximum absolute atomic E-state index is 12.7. The van der Waals surface area contributed by atoms with Crippen LogP contribution in [0.25, 0.3) is 0 Å². The van der Waals surface area contributed by atoms with Crippen molar-refractivity contribution in [3.63, 3.8) is 0 Å². The van der Waals surface area contributed by atoms with Gasteiger partial charge in [0.15, 0.2) is 5.78 Å². The zero-order valence-electron chi connectivity index (χ0n) is 12.2. The SMILES string of the molecule is CCc1ccccc1C(=O)c1ccc2c(c1)CC(=O)N2C. The second kappa shape index (κ2) is 5.17. The van der Waals surface area contributed by atoms with Crippen LogP contribution in [0.2, 0.25) is 0 Å². The Kier molecular flexibility index (Phi) is 3.34. The molecule has 0 aromatic heterocycles. The van der Waals surface area contributed by atoms with Crippen LogP contribution in [0.15, 0.2) is 42.5 Å². The number of rotatable bonds is 3. The molecule has 106 valence electrons. The molecule has 0 saturated heterocycles. The third-order valence-electron chi connectivity index (χ3n) is 4.06. The minimum Gasteiger partial charge on any atom is -0.315 e. The van der Waals surface area contributed by atoms with Gasteiger partial charge < -0.3 is 4.90 Å². The molecule has 0 saturated carbocycles. The van der Waals surface area contributed by atoms with Crippen LogP contribution < -0.4 is 4.90 Å². The third-order valence-corrected chi connectivity index (χ3v) is 4.06. The van der Waals surface area contributed by atoms with E-state index in [1.165, 1.54) is 0 Å². The normalized spacial score (nSPS) is 13.4. The van der Waals surface area contributed by atoms with Crippen molar-refractivity contribution in [3.05, 3.63) is 64.7 Å². The zero-order chi connectivity index (χ0) is 15.0. The Morgan fingerprint density at radius 1 is 1.19 bits per heavy atom. The van der Waals surface area contributed by atoms with E-state index in [0.717, 1.165) is 28.8 Å². The topological polar surface area (TPSA) is 37.4 Å². The number of fused-ring (bicyclic) bond motifs is 1. The summed E-state index contributed by atoms with van der Waals surface area (Å²) in [5.74, 6) is 0.0980. The van der Waals surface area contributed by atoms with E-state index in [0.29, 0.717) is 12.0 Å². The molecule has 0 unspecified atom stereocenters. The number of amides is 1. The molecule has 0 fully saturated rings. The summed E-state index contributed by atoms with van der Waals surface area (Å²) in [5.41, 5.74) is 4.29. The molecule has 0 aliphatic carbocycles. The summed E-state index contributed by atoms with van der Waals surface area (Å²) in [7, 11) is 1.77. The molecule has 2 aromatic rings. The lowest BCUT2D eigenvalue weighted by Crippen LogP contribution is -2.20. The molecule has 1 aliphatic heterocycles. The van der Waals surface area contributed by atoms with E-state index in [1.54, 1.807) is 11.9 Å². The van der Waals surface area contributed by atoms with Crippen LogP contribution >= 0.6 is 0 Å². The number of likely N-dealkylation sites (N-methyl/N-ethyl adjacent to an activating group) is 1. The van der Waals surface area contributed by atoms with Gasteiger partial charge >= 0.3 is 0 Å². The van der Waals surface area contributed by atoms with Gasteiger partial charge in [-0.3, -0.25) is 9.59 Å². The van der Waals surface area contributed by atoms with E-state index in [9.17, 15) is 9.59 Å². The van der Waals surface area contributed by atoms with E-state index >= 15 is 0 Å². The van der Waals surface area contributed by atoms with E-state index in [4.69, 9.17) is 0 Å². The molecule has 1 aliphatic rings. The molecule has 3 heteroatoms. The third kappa shape index (κ3) is 2.25. The van der Waals surface area contributed by atoms with Crippen molar-refractivity contribution < 1.29 is 9.59 Å². The number of ketones is 1. The summed E-state index contributed by atoms with van der Waals surface area (Å²) in [6.45, 7) is 2.04. The summed E-state index contributed by atoms with van der Waals surface area (Å²) in [6, 6.07) is 13.2. The van der Waals surface area contributed by atoms with Crippen LogP contribution in [0.1, 0.15) is 34.0 Å². The van der Waals surface area contributed by atoms with Gasteiger partial charge in [0.05, 0.1) is 6.42 Å². The van der Waals surface area contributed by atoms with Crippen LogP contribution in [0.5, 0.6) is 0 Å². The van der Waals surface area contributed by atoms with Crippen molar-refractivity contribution in [2.45, 2.75) is 19.8 Å². The Labute approximate surface area is 124 Å². The van der Waals surface area contributed by atoms with E-state index in [-0.39, 0.29) is 11.7 Å². The van der Waals surface area contributed by atoms with Gasteiger partial charge in [-0.05, 0) is 35.7 Å². The molecule has 0 spiro atoms. The van der Waals surface area contributed by atoms with Gasteiger partial charge in [0.25, 0.3) is 0 Å². The first-order chi connectivity index (χ1) is 10.1. The lowest BCUT2D eigenvalue weighted by Gasteiger charge is -2.11. The van der Waals surface area contributed by atoms with Gasteiger partial charge in [0.1, 0.15) is 0 Å². The van der Waals surface area contributed by atoms with Crippen molar-refractivity contribution in [1.29, 1.82) is 0 Å². The molecule has 0 atom stereocenters. The lowest BCUT2D eigenvalue weighted by molar-refractivity contribution is -0.117. The summed E-state index contributed by atoms with van der Waals surface area (Å²) in [6.07, 6.45) is 1.20. The van der Waals surface area contributed by atoms with Crippen LogP contribution in [0.4, 0.5) is 5.69 Å². The van der Waals surface area contributed by atoms with Crippen LogP contribution in [0.3, 0.4) is 0 Å². The molecule has 2 aromatic carbocycles. The Morgan fingerprint density at radius 3 is 2.71 bits per heavy atom. The van der Waals surface area contributed by atoms with Gasteiger partial charge in [0.2, 0.25) is 5.91 Å². The van der Waals surface area contributed by atoms with E-state index < -0.39 is 0 Å². The van der Waals surface area contributed by atoms with Crippen molar-refractivity contribution in [3.8, 4) is 0 Å². The summed E-state index contributed by atoms with van der Waals surface area (Å²) >= 11 is 0. The fourth-order valence-electron chi connectivity index (χ4n) is 2.82. The molecule has 3 rings (SSSR count). The molecule has 1 amide bonds. The van der Waals surface area contributed by atoms with E-state index in [2.05, 4.69) is 0 Å². The number of hydrogen-bond donors (Lipinski definition) is 0. The van der Waals surface area contributed by atoms with Crippen molar-refractivity contribution in [2.75, 3.05) is 11.9 Å². The number of carbonyl (C=O) groups excluding carboxylic acids is 2. The number of benzene rings is 2. The highest BCUT2D eigenvalue weighted by atomic mass is 16.2. The molecule has 21 heavy (non-hydrogen) atoms. The predicted molar refractivity (Wildman–Crippen MR) is 82.8 cm³/mol. The smallest absolute Gasteiger partial charge is 0.231 e. The predicted octanol–water partition coefficient (Wildman–Crippen LogP) is 3.00. The molecular formula is C18H17NO2. The fraction of sp³-hybridized carbons (Fsp3) is 0.222. The molecule has 0 radical (unpaired) electrons. The van der Waals surface area contributed by atoms with Crippen molar-refractivity contribution in [1.82, 2.24) is 0 Å². The van der Waals surface area contributed by atoms with Gasteiger partial charge in [-0.15, -0.1) is 0 Å². The van der Waals surface area contributed by atoms with Crippen molar-refractivity contribution in [2.24, 2.45) is 0 Å². The Morgan fingerprint density at radius 2 is 1.95 bits per heavy atom. The van der Waals surface area contributed by atoms with Crippen LogP contribution in [-0.2, 0) is 17.6 Å². The number of hydrogen-bond acceptors (Lipinski definition) is 2. The number of anilines is 1. The molecule has 0 N–H and O–H groups in total. The van der Waals surface area contributed by atoms with Crippen LogP contribution in [0, 0.1) is 0 Å². The largest absolute Gasteiger partial charge is 0.315 e. The first-order valence-electron chi connectivity index (χ1n) is 7.14. The standard InChI is InChI=1S/C18H17NO2/c1-3-12-6-4-5-7-15(12)18(21)13-8-9-16-14(10-13)11-17(20)19(16)2/h4-10H,3,11H2,1-2H3. The Hall–Kier alpha value is -2.42. The minimum absolute atomic E-state index is 0.0252. The fourth-order valence-corrected chi connectivity index (χ4v) is 2.82. The molecule has 0 bridgehead atoms. The highest BCUT2D eigenvalue weighted by Gasteiger charge is 2.25. The molecule has 3 nitrogen and oxygen atoms in total. The number of aryl methyl sites for hydroxylation is 1. The number of nitrogens with zero attached hydrogens (tertiary/aromatic N) is 1. The first-order valence-corrected chi connectivity index (χ1v) is 7.14. The summed E-state index contributed by atoms with van der Waals surface area (Å²) < 4.78 is 0. The first kappa shape index (κ1) is 13.6. The second-order valence-corrected chi connectivity index (χ2v) is 5.31. The highest BCUT2D eigenvalue weighted by Crippen LogP contribution is 2.29. The van der Waals surface area contributed by atoms with Gasteiger partial charge in [0, 0.05) is 23.9 Å². The van der Waals surface area contributed by atoms with E-state index in [1.807, 2.05) is 49.4 Å². The summed E-state index contributed by atoms with van der Waals surface area (Å²) in [5, 5.41) is 0. The molecule has 1 heterocycles. The lowest BCUT2D eigenvalue weighted by atomic mass is 9.95. The van der Waals surface area contributed by atoms with Crippen molar-refractivity contribution >= 4 is 17.4 Å². The average Bonchev–Trinajstić information content (AvgIpc) is 2.80. The average molecular weight is 279 g/mol. The quantitative estimate of drug-likeness (QED) is 0.810. The summed E-state index contributed by atoms with van der Waals surface area (Å²) in [4.78, 5) is 26.1. The zero-order valence-corrected chi connectivity index (χ0v) is 12.2. The number of carbonyl (C=O) groups is 2. The Bertz CT molecular complexity index is 734.